The third-order valence-electron chi connectivity index (χ3n) is 3.66. The van der Waals surface area contributed by atoms with Gasteiger partial charge in [0.25, 0.3) is 5.69 Å². The molecule has 1 aliphatic heterocycles. The highest BCUT2D eigenvalue weighted by Crippen LogP contribution is 2.26. The van der Waals surface area contributed by atoms with Crippen LogP contribution in [-0.4, -0.2) is 35.9 Å². The van der Waals surface area contributed by atoms with Crippen LogP contribution in [0, 0.1) is 23.0 Å². The molecule has 20 heavy (non-hydrogen) atoms. The zero-order chi connectivity index (χ0) is 14.5. The molecule has 110 valence electrons. The van der Waals surface area contributed by atoms with Crippen LogP contribution in [0.3, 0.4) is 0 Å². The maximum atomic E-state index is 11.0. The summed E-state index contributed by atoms with van der Waals surface area (Å²) < 4.78 is 5.26. The van der Waals surface area contributed by atoms with Crippen LogP contribution in [0.15, 0.2) is 18.2 Å². The standard InChI is InChI=1S/C14H20N2O4/c1-10-2-3-12(13(8-10)16(18)19)15-9-14(17)11-4-6-20-7-5-11/h2-3,8,11,14-15,17H,4-7,9H2,1H3. The number of hydrogen-bond acceptors (Lipinski definition) is 5. The first-order valence-electron chi connectivity index (χ1n) is 6.82. The van der Waals surface area contributed by atoms with Crippen LogP contribution < -0.4 is 5.32 Å². The lowest BCUT2D eigenvalue weighted by Crippen LogP contribution is -2.32. The van der Waals surface area contributed by atoms with E-state index in [1.54, 1.807) is 6.07 Å². The molecule has 1 aromatic rings. The highest BCUT2D eigenvalue weighted by atomic mass is 16.6. The van der Waals surface area contributed by atoms with Crippen molar-refractivity contribution in [1.82, 2.24) is 0 Å². The predicted molar refractivity (Wildman–Crippen MR) is 75.9 cm³/mol. The van der Waals surface area contributed by atoms with E-state index < -0.39 is 11.0 Å². The van der Waals surface area contributed by atoms with Gasteiger partial charge in [0.1, 0.15) is 5.69 Å². The number of ether oxygens (including phenoxy) is 1. The van der Waals surface area contributed by atoms with Crippen molar-refractivity contribution >= 4 is 11.4 Å². The average Bonchev–Trinajstić information content (AvgIpc) is 2.46. The van der Waals surface area contributed by atoms with Gasteiger partial charge in [-0.2, -0.15) is 0 Å². The number of benzene rings is 1. The fourth-order valence-electron chi connectivity index (χ4n) is 2.42. The number of aryl methyl sites for hydroxylation is 1. The van der Waals surface area contributed by atoms with Crippen molar-refractivity contribution in [2.24, 2.45) is 5.92 Å². The largest absolute Gasteiger partial charge is 0.391 e. The van der Waals surface area contributed by atoms with E-state index in [4.69, 9.17) is 4.74 Å². The molecule has 2 N–H and O–H groups in total. The number of nitrogens with one attached hydrogen (secondary N) is 1. The van der Waals surface area contributed by atoms with E-state index in [-0.39, 0.29) is 11.6 Å². The van der Waals surface area contributed by atoms with Gasteiger partial charge in [-0.1, -0.05) is 6.07 Å². The van der Waals surface area contributed by atoms with Gasteiger partial charge < -0.3 is 15.2 Å². The highest BCUT2D eigenvalue weighted by Gasteiger charge is 2.23. The minimum absolute atomic E-state index is 0.0455. The molecule has 0 spiro atoms. The summed E-state index contributed by atoms with van der Waals surface area (Å²) in [6.45, 7) is 3.47. The normalized spacial score (nSPS) is 17.7. The summed E-state index contributed by atoms with van der Waals surface area (Å²) >= 11 is 0. The number of rotatable bonds is 5. The fraction of sp³-hybridized carbons (Fsp3) is 0.571. The summed E-state index contributed by atoms with van der Waals surface area (Å²) in [4.78, 5) is 10.6. The van der Waals surface area contributed by atoms with Gasteiger partial charge in [0.2, 0.25) is 0 Å². The van der Waals surface area contributed by atoms with Gasteiger partial charge in [-0.05, 0) is 37.3 Å². The molecule has 1 saturated heterocycles. The van der Waals surface area contributed by atoms with Crippen molar-refractivity contribution in [1.29, 1.82) is 0 Å². The molecule has 1 atom stereocenters. The van der Waals surface area contributed by atoms with E-state index in [1.165, 1.54) is 6.07 Å². The SMILES string of the molecule is Cc1ccc(NCC(O)C2CCOCC2)c([N+](=O)[O-])c1. The lowest BCUT2D eigenvalue weighted by atomic mass is 9.94. The Kier molecular flexibility index (Phi) is 4.92. The zero-order valence-electron chi connectivity index (χ0n) is 11.5. The first-order valence-corrected chi connectivity index (χ1v) is 6.82. The minimum atomic E-state index is -0.514. The number of nitro benzene ring substituents is 1. The van der Waals surface area contributed by atoms with E-state index >= 15 is 0 Å². The van der Waals surface area contributed by atoms with E-state index in [2.05, 4.69) is 5.32 Å². The van der Waals surface area contributed by atoms with E-state index in [9.17, 15) is 15.2 Å². The predicted octanol–water partition coefficient (Wildman–Crippen LogP) is 2.10. The summed E-state index contributed by atoms with van der Waals surface area (Å²) in [7, 11) is 0. The summed E-state index contributed by atoms with van der Waals surface area (Å²) in [5, 5.41) is 24.1. The quantitative estimate of drug-likeness (QED) is 0.637. The molecule has 2 rings (SSSR count). The van der Waals surface area contributed by atoms with Crippen molar-refractivity contribution in [2.45, 2.75) is 25.9 Å². The Morgan fingerprint density at radius 1 is 1.50 bits per heavy atom. The number of nitrogens with zero attached hydrogens (tertiary/aromatic N) is 1. The molecule has 1 aromatic carbocycles. The van der Waals surface area contributed by atoms with E-state index in [0.29, 0.717) is 25.4 Å². The van der Waals surface area contributed by atoms with Crippen LogP contribution >= 0.6 is 0 Å². The molecule has 0 aromatic heterocycles. The second-order valence-corrected chi connectivity index (χ2v) is 5.18. The second-order valence-electron chi connectivity index (χ2n) is 5.18. The molecule has 0 radical (unpaired) electrons. The molecule has 0 aliphatic carbocycles. The summed E-state index contributed by atoms with van der Waals surface area (Å²) in [6.07, 6.45) is 1.15. The highest BCUT2D eigenvalue weighted by molar-refractivity contribution is 5.62. The van der Waals surface area contributed by atoms with E-state index in [1.807, 2.05) is 13.0 Å². The summed E-state index contributed by atoms with van der Waals surface area (Å²) in [5.41, 5.74) is 1.34. The van der Waals surface area contributed by atoms with Crippen molar-refractivity contribution in [3.8, 4) is 0 Å². The topological polar surface area (TPSA) is 84.6 Å². The number of anilines is 1. The molecule has 1 unspecified atom stereocenters. The Bertz CT molecular complexity index is 472. The van der Waals surface area contributed by atoms with Gasteiger partial charge in [0, 0.05) is 25.8 Å². The molecule has 0 bridgehead atoms. The monoisotopic (exact) mass is 280 g/mol. The van der Waals surface area contributed by atoms with Crippen LogP contribution in [0.5, 0.6) is 0 Å². The zero-order valence-corrected chi connectivity index (χ0v) is 11.5. The lowest BCUT2D eigenvalue weighted by Gasteiger charge is -2.27. The van der Waals surface area contributed by atoms with Crippen LogP contribution in [0.25, 0.3) is 0 Å². The molecule has 1 fully saturated rings. The van der Waals surface area contributed by atoms with Crippen molar-refractivity contribution in [3.63, 3.8) is 0 Å². The summed E-state index contributed by atoms with van der Waals surface area (Å²) in [6, 6.07) is 5.03. The van der Waals surface area contributed by atoms with E-state index in [0.717, 1.165) is 18.4 Å². The Morgan fingerprint density at radius 2 is 2.20 bits per heavy atom. The second kappa shape index (κ2) is 6.67. The molecular formula is C14H20N2O4. The summed E-state index contributed by atoms with van der Waals surface area (Å²) in [5.74, 6) is 0.195. The molecule has 6 heteroatoms. The van der Waals surface area contributed by atoms with Crippen molar-refractivity contribution in [2.75, 3.05) is 25.1 Å². The number of aliphatic hydroxyl groups excluding tert-OH is 1. The van der Waals surface area contributed by atoms with Gasteiger partial charge >= 0.3 is 0 Å². The van der Waals surface area contributed by atoms with Crippen molar-refractivity contribution in [3.05, 3.63) is 33.9 Å². The molecule has 1 heterocycles. The maximum absolute atomic E-state index is 11.0. The number of hydrogen-bond donors (Lipinski definition) is 2. The van der Waals surface area contributed by atoms with Gasteiger partial charge in [0.15, 0.2) is 0 Å². The Labute approximate surface area is 117 Å². The molecule has 1 aliphatic rings. The van der Waals surface area contributed by atoms with Gasteiger partial charge in [-0.25, -0.2) is 0 Å². The fourth-order valence-corrected chi connectivity index (χ4v) is 2.42. The number of aliphatic hydroxyl groups is 1. The van der Waals surface area contributed by atoms with Gasteiger partial charge in [-0.15, -0.1) is 0 Å². The smallest absolute Gasteiger partial charge is 0.292 e. The molecule has 0 saturated carbocycles. The van der Waals surface area contributed by atoms with Crippen molar-refractivity contribution < 1.29 is 14.8 Å². The average molecular weight is 280 g/mol. The molecule has 0 amide bonds. The van der Waals surface area contributed by atoms with Gasteiger partial charge in [-0.3, -0.25) is 10.1 Å². The Morgan fingerprint density at radius 3 is 2.85 bits per heavy atom. The minimum Gasteiger partial charge on any atom is -0.391 e. The Balaban J connectivity index is 1.97. The van der Waals surface area contributed by atoms with Crippen LogP contribution in [0.1, 0.15) is 18.4 Å². The third-order valence-corrected chi connectivity index (χ3v) is 3.66. The van der Waals surface area contributed by atoms with Crippen LogP contribution in [0.2, 0.25) is 0 Å². The van der Waals surface area contributed by atoms with Gasteiger partial charge in [0.05, 0.1) is 11.0 Å². The molecular weight excluding hydrogens is 260 g/mol. The first kappa shape index (κ1) is 14.7. The van der Waals surface area contributed by atoms with Crippen LogP contribution in [-0.2, 0) is 4.74 Å². The molecule has 6 nitrogen and oxygen atoms in total. The lowest BCUT2D eigenvalue weighted by molar-refractivity contribution is -0.384. The maximum Gasteiger partial charge on any atom is 0.292 e. The van der Waals surface area contributed by atoms with Crippen LogP contribution in [0.4, 0.5) is 11.4 Å². The Hall–Kier alpha value is -1.66. The first-order chi connectivity index (χ1) is 9.58. The third kappa shape index (κ3) is 3.68. The number of nitro groups is 1.